The molecule has 6 rings (SSSR count). The number of carbonyl (C=O) groups excluding carboxylic acids is 2. The minimum Gasteiger partial charge on any atom is -0.497 e. The van der Waals surface area contributed by atoms with Crippen LogP contribution in [-0.4, -0.2) is 48.3 Å². The first kappa shape index (κ1) is 32.8. The molecular formula is C30H22ClF5N8O3S. The molecule has 0 aliphatic rings. The number of carbonyl (C=O) groups is 2. The number of primary amides is 1. The molecule has 5 heterocycles. The predicted molar refractivity (Wildman–Crippen MR) is 168 cm³/mol. The Morgan fingerprint density at radius 2 is 1.90 bits per heavy atom. The summed E-state index contributed by atoms with van der Waals surface area (Å²) < 4.78 is 78.0. The molecule has 0 spiro atoms. The van der Waals surface area contributed by atoms with Gasteiger partial charge in [-0.25, -0.2) is 23.3 Å². The maximum absolute atomic E-state index is 14.3. The summed E-state index contributed by atoms with van der Waals surface area (Å²) in [4.78, 5) is 34.3. The lowest BCUT2D eigenvalue weighted by molar-refractivity contribution is -0.142. The maximum atomic E-state index is 14.3. The highest BCUT2D eigenvalue weighted by Gasteiger charge is 2.37. The number of halogens is 6. The molecule has 0 aliphatic carbocycles. The lowest BCUT2D eigenvalue weighted by Gasteiger charge is -2.11. The molecule has 0 bridgehead atoms. The summed E-state index contributed by atoms with van der Waals surface area (Å²) in [6, 6.07) is 8.02. The number of ether oxygens (including phenoxy) is 1. The lowest BCUT2D eigenvalue weighted by Crippen LogP contribution is -2.18. The van der Waals surface area contributed by atoms with Gasteiger partial charge in [-0.05, 0) is 43.7 Å². The third kappa shape index (κ3) is 5.57. The number of aromatic nitrogens is 6. The van der Waals surface area contributed by atoms with Gasteiger partial charge in [0.1, 0.15) is 26.2 Å². The molecule has 5 aromatic heterocycles. The molecule has 18 heteroatoms. The quantitative estimate of drug-likeness (QED) is 0.160. The van der Waals surface area contributed by atoms with Crippen LogP contribution in [0.4, 0.5) is 27.6 Å². The Kier molecular flexibility index (Phi) is 8.28. The van der Waals surface area contributed by atoms with Gasteiger partial charge < -0.3 is 15.8 Å². The molecule has 48 heavy (non-hydrogen) atoms. The largest absolute Gasteiger partial charge is 0.497 e. The smallest absolute Gasteiger partial charge is 0.433 e. The number of pyridine rings is 1. The van der Waals surface area contributed by atoms with Gasteiger partial charge in [0.05, 0.1) is 24.7 Å². The number of hydrogen-bond acceptors (Lipinski definition) is 8. The van der Waals surface area contributed by atoms with Gasteiger partial charge in [0, 0.05) is 28.8 Å². The van der Waals surface area contributed by atoms with Crippen molar-refractivity contribution in [2.75, 3.05) is 12.4 Å². The molecule has 0 unspecified atom stereocenters. The van der Waals surface area contributed by atoms with Gasteiger partial charge in [-0.3, -0.25) is 14.3 Å². The maximum Gasteiger partial charge on any atom is 0.433 e. The van der Waals surface area contributed by atoms with Crippen LogP contribution in [0.1, 0.15) is 50.6 Å². The molecule has 0 atom stereocenters. The number of nitrogens with zero attached hydrogens (tertiary/aromatic N) is 6. The van der Waals surface area contributed by atoms with Gasteiger partial charge in [0.15, 0.2) is 17.0 Å². The van der Waals surface area contributed by atoms with Gasteiger partial charge in [-0.15, -0.1) is 11.3 Å². The number of nitrogens with one attached hydrogen (secondary N) is 1. The van der Waals surface area contributed by atoms with Crippen LogP contribution >= 0.6 is 22.9 Å². The average molecular weight is 705 g/mol. The van der Waals surface area contributed by atoms with Crippen molar-refractivity contribution >= 4 is 56.3 Å². The average Bonchev–Trinajstić information content (AvgIpc) is 3.72. The second-order valence-corrected chi connectivity index (χ2v) is 11.7. The number of alkyl halides is 5. The molecular weight excluding hydrogens is 683 g/mol. The van der Waals surface area contributed by atoms with Crippen LogP contribution in [0.5, 0.6) is 5.75 Å². The fraction of sp³-hybridized carbons (Fsp3) is 0.200. The summed E-state index contributed by atoms with van der Waals surface area (Å²) in [7, 11) is 1.39. The molecule has 0 saturated heterocycles. The molecule has 2 amide bonds. The summed E-state index contributed by atoms with van der Waals surface area (Å²) in [5, 5.41) is 10.2. The number of amides is 2. The van der Waals surface area contributed by atoms with Gasteiger partial charge in [-0.1, -0.05) is 23.7 Å². The second kappa shape index (κ2) is 12.1. The zero-order valence-electron chi connectivity index (χ0n) is 25.0. The number of rotatable bonds is 8. The first-order valence-electron chi connectivity index (χ1n) is 13.9. The minimum atomic E-state index is -4.95. The summed E-state index contributed by atoms with van der Waals surface area (Å²) in [5.74, 6) is -1.79. The Labute approximate surface area is 276 Å². The standard InChI is InChI=1S/C30H22ClF5N8O3S/c1-4-43-12(2)16(11-38-43)15-9-18(25(32)33)40-29-20(15)22(24(48-29)26(37)45)41-28(46)23-21(31)27-39-17(13-6-5-7-14(8-13)47-3)10-19(30(34,35)36)44(27)42-23/h5-11,25H,4H2,1-3H3,(H2,37,45)(H,41,46). The van der Waals surface area contributed by atoms with E-state index in [0.717, 1.165) is 12.1 Å². The topological polar surface area (TPSA) is 142 Å². The van der Waals surface area contributed by atoms with Crippen molar-refractivity contribution in [2.45, 2.75) is 33.0 Å². The third-order valence-corrected chi connectivity index (χ3v) is 8.91. The Bertz CT molecular complexity index is 2260. The Balaban J connectivity index is 1.54. The third-order valence-electron chi connectivity index (χ3n) is 7.46. The molecule has 0 radical (unpaired) electrons. The van der Waals surface area contributed by atoms with E-state index in [2.05, 4.69) is 25.5 Å². The first-order chi connectivity index (χ1) is 22.7. The van der Waals surface area contributed by atoms with Gasteiger partial charge in [0.2, 0.25) is 0 Å². The van der Waals surface area contributed by atoms with Crippen molar-refractivity contribution in [1.29, 1.82) is 0 Å². The van der Waals surface area contributed by atoms with E-state index in [9.17, 15) is 31.5 Å². The van der Waals surface area contributed by atoms with E-state index in [0.29, 0.717) is 39.4 Å². The van der Waals surface area contributed by atoms with Crippen molar-refractivity contribution in [3.63, 3.8) is 0 Å². The fourth-order valence-electron chi connectivity index (χ4n) is 5.21. The van der Waals surface area contributed by atoms with E-state index in [1.807, 2.05) is 6.92 Å². The second-order valence-electron chi connectivity index (χ2n) is 10.3. The molecule has 248 valence electrons. The molecule has 1 aromatic carbocycles. The molecule has 11 nitrogen and oxygen atoms in total. The number of fused-ring (bicyclic) bond motifs is 2. The summed E-state index contributed by atoms with van der Waals surface area (Å²) in [6.07, 6.45) is -6.50. The van der Waals surface area contributed by atoms with Crippen molar-refractivity contribution in [3.05, 3.63) is 75.3 Å². The number of nitrogens with two attached hydrogens (primary N) is 1. The molecule has 0 saturated carbocycles. The Hall–Kier alpha value is -5.16. The number of methoxy groups -OCH3 is 1. The Morgan fingerprint density at radius 1 is 1.15 bits per heavy atom. The minimum absolute atomic E-state index is 0.0550. The molecule has 3 N–H and O–H groups in total. The number of benzene rings is 1. The van der Waals surface area contributed by atoms with E-state index in [4.69, 9.17) is 22.1 Å². The highest BCUT2D eigenvalue weighted by molar-refractivity contribution is 7.21. The van der Waals surface area contributed by atoms with Crippen LogP contribution in [-0.2, 0) is 12.7 Å². The normalized spacial score (nSPS) is 12.0. The van der Waals surface area contributed by atoms with Crippen LogP contribution in [0.2, 0.25) is 5.02 Å². The SMILES string of the molecule is CCn1ncc(-c2cc(C(F)F)nc3sc(C(N)=O)c(NC(=O)c4nn5c(C(F)(F)F)cc(-c6cccc(OC)c6)nc5c4Cl)c23)c1C. The van der Waals surface area contributed by atoms with E-state index in [1.54, 1.807) is 23.7 Å². The van der Waals surface area contributed by atoms with Crippen LogP contribution in [0.3, 0.4) is 0 Å². The van der Waals surface area contributed by atoms with Crippen LogP contribution < -0.4 is 15.8 Å². The van der Waals surface area contributed by atoms with Crippen molar-refractivity contribution in [2.24, 2.45) is 5.73 Å². The van der Waals surface area contributed by atoms with E-state index >= 15 is 0 Å². The van der Waals surface area contributed by atoms with Gasteiger partial charge in [0.25, 0.3) is 18.2 Å². The first-order valence-corrected chi connectivity index (χ1v) is 15.1. The number of anilines is 1. The van der Waals surface area contributed by atoms with E-state index in [-0.39, 0.29) is 37.6 Å². The van der Waals surface area contributed by atoms with E-state index in [1.165, 1.54) is 25.4 Å². The zero-order chi connectivity index (χ0) is 34.7. The number of aryl methyl sites for hydroxylation is 1. The van der Waals surface area contributed by atoms with Crippen molar-refractivity contribution in [1.82, 2.24) is 29.4 Å². The summed E-state index contributed by atoms with van der Waals surface area (Å²) in [6.45, 7) is 4.00. The molecule has 6 aromatic rings. The van der Waals surface area contributed by atoms with Crippen molar-refractivity contribution in [3.8, 4) is 28.1 Å². The highest BCUT2D eigenvalue weighted by Crippen LogP contribution is 2.44. The van der Waals surface area contributed by atoms with E-state index < -0.39 is 52.2 Å². The highest BCUT2D eigenvalue weighted by atomic mass is 35.5. The van der Waals surface area contributed by atoms with Gasteiger partial charge in [-0.2, -0.15) is 23.4 Å². The van der Waals surface area contributed by atoms with Crippen molar-refractivity contribution < 1.29 is 36.3 Å². The van der Waals surface area contributed by atoms with Gasteiger partial charge >= 0.3 is 6.18 Å². The monoisotopic (exact) mass is 704 g/mol. The van der Waals surface area contributed by atoms with Crippen LogP contribution in [0.15, 0.2) is 42.6 Å². The summed E-state index contributed by atoms with van der Waals surface area (Å²) >= 11 is 7.14. The fourth-order valence-corrected chi connectivity index (χ4v) is 6.47. The molecule has 0 fully saturated rings. The lowest BCUT2D eigenvalue weighted by atomic mass is 10.0. The van der Waals surface area contributed by atoms with Crippen LogP contribution in [0.25, 0.3) is 38.2 Å². The predicted octanol–water partition coefficient (Wildman–Crippen LogP) is 7.17. The zero-order valence-corrected chi connectivity index (χ0v) is 26.6. The number of hydrogen-bond donors (Lipinski definition) is 2. The van der Waals surface area contributed by atoms with Crippen LogP contribution in [0, 0.1) is 6.92 Å². The number of thiophene rings is 1. The summed E-state index contributed by atoms with van der Waals surface area (Å²) in [5.41, 5.74) is 3.69. The Morgan fingerprint density at radius 3 is 2.52 bits per heavy atom. The molecule has 0 aliphatic heterocycles.